The van der Waals surface area contributed by atoms with Crippen molar-refractivity contribution in [3.8, 4) is 0 Å². The van der Waals surface area contributed by atoms with Gasteiger partial charge in [-0.3, -0.25) is 9.69 Å². The van der Waals surface area contributed by atoms with E-state index in [1.807, 2.05) is 13.8 Å². The summed E-state index contributed by atoms with van der Waals surface area (Å²) in [5.74, 6) is -0.376. The van der Waals surface area contributed by atoms with Gasteiger partial charge in [0.25, 0.3) is 0 Å². The monoisotopic (exact) mass is 258 g/mol. The van der Waals surface area contributed by atoms with E-state index in [2.05, 4.69) is 15.0 Å². The zero-order chi connectivity index (χ0) is 13.7. The number of carbonyl (C=O) groups is 2. The fraction of sp³-hybridized carbons (Fsp3) is 0.833. The maximum absolute atomic E-state index is 11.5. The fourth-order valence-electron chi connectivity index (χ4n) is 2.20. The molecular weight excluding hydrogens is 236 g/mol. The molecule has 104 valence electrons. The number of esters is 1. The lowest BCUT2D eigenvalue weighted by atomic mass is 10.0. The molecule has 0 aromatic heterocycles. The molecule has 1 rings (SSSR count). The molecule has 0 saturated carbocycles. The Bertz CT molecular complexity index is 308. The van der Waals surface area contributed by atoms with Crippen molar-refractivity contribution in [3.63, 3.8) is 0 Å². The molecular formula is C12H22N2O4. The van der Waals surface area contributed by atoms with Crippen molar-refractivity contribution in [1.29, 1.82) is 0 Å². The van der Waals surface area contributed by atoms with Gasteiger partial charge in [-0.15, -0.1) is 0 Å². The molecule has 1 N–H and O–H groups in total. The van der Waals surface area contributed by atoms with Gasteiger partial charge in [-0.1, -0.05) is 6.92 Å². The number of hydrogen-bond acceptors (Lipinski definition) is 5. The third kappa shape index (κ3) is 3.60. The first-order valence-corrected chi connectivity index (χ1v) is 6.16. The minimum atomic E-state index is -0.407. The summed E-state index contributed by atoms with van der Waals surface area (Å²) in [4.78, 5) is 24.8. The Morgan fingerprint density at radius 1 is 1.28 bits per heavy atom. The van der Waals surface area contributed by atoms with Crippen molar-refractivity contribution in [3.05, 3.63) is 0 Å². The lowest BCUT2D eigenvalue weighted by molar-refractivity contribution is -0.146. The molecule has 1 fully saturated rings. The Morgan fingerprint density at radius 2 is 1.94 bits per heavy atom. The SMILES string of the molecule is COC(=O)NC1CCN(C(C)C(C)C(=O)OC)C1. The van der Waals surface area contributed by atoms with Gasteiger partial charge in [0.05, 0.1) is 20.1 Å². The van der Waals surface area contributed by atoms with Crippen LogP contribution in [-0.4, -0.2) is 56.4 Å². The Balaban J connectivity index is 2.45. The van der Waals surface area contributed by atoms with E-state index in [0.29, 0.717) is 0 Å². The zero-order valence-electron chi connectivity index (χ0n) is 11.4. The van der Waals surface area contributed by atoms with Crippen molar-refractivity contribution in [2.45, 2.75) is 32.4 Å². The molecule has 0 radical (unpaired) electrons. The predicted molar refractivity (Wildman–Crippen MR) is 66.2 cm³/mol. The van der Waals surface area contributed by atoms with Crippen LogP contribution in [0, 0.1) is 5.92 Å². The molecule has 0 aliphatic carbocycles. The molecule has 0 aromatic carbocycles. The van der Waals surface area contributed by atoms with E-state index < -0.39 is 6.09 Å². The minimum Gasteiger partial charge on any atom is -0.469 e. The Labute approximate surface area is 108 Å². The van der Waals surface area contributed by atoms with Crippen LogP contribution in [0.5, 0.6) is 0 Å². The van der Waals surface area contributed by atoms with Crippen LogP contribution in [0.3, 0.4) is 0 Å². The molecule has 1 aliphatic rings. The van der Waals surface area contributed by atoms with Crippen LogP contribution in [0.2, 0.25) is 0 Å². The van der Waals surface area contributed by atoms with Gasteiger partial charge >= 0.3 is 12.1 Å². The van der Waals surface area contributed by atoms with E-state index in [1.165, 1.54) is 14.2 Å². The second-order valence-corrected chi connectivity index (χ2v) is 4.67. The van der Waals surface area contributed by atoms with Gasteiger partial charge < -0.3 is 14.8 Å². The molecule has 1 saturated heterocycles. The molecule has 0 spiro atoms. The minimum absolute atomic E-state index is 0.0877. The number of carbonyl (C=O) groups excluding carboxylic acids is 2. The number of rotatable bonds is 4. The molecule has 6 heteroatoms. The molecule has 3 unspecified atom stereocenters. The van der Waals surface area contributed by atoms with E-state index >= 15 is 0 Å². The number of ether oxygens (including phenoxy) is 2. The summed E-state index contributed by atoms with van der Waals surface area (Å²) in [5, 5.41) is 2.78. The first-order chi connectivity index (χ1) is 8.49. The summed E-state index contributed by atoms with van der Waals surface area (Å²) < 4.78 is 9.31. The number of amides is 1. The van der Waals surface area contributed by atoms with Crippen molar-refractivity contribution in [1.82, 2.24) is 10.2 Å². The molecule has 6 nitrogen and oxygen atoms in total. The lowest BCUT2D eigenvalue weighted by Crippen LogP contribution is -2.42. The van der Waals surface area contributed by atoms with Gasteiger partial charge in [-0.25, -0.2) is 4.79 Å². The Morgan fingerprint density at radius 3 is 2.50 bits per heavy atom. The first-order valence-electron chi connectivity index (χ1n) is 6.16. The molecule has 3 atom stereocenters. The highest BCUT2D eigenvalue weighted by molar-refractivity contribution is 5.72. The average molecular weight is 258 g/mol. The van der Waals surface area contributed by atoms with Crippen molar-refractivity contribution in [2.75, 3.05) is 27.3 Å². The molecule has 1 aliphatic heterocycles. The van der Waals surface area contributed by atoms with Crippen LogP contribution in [0.25, 0.3) is 0 Å². The van der Waals surface area contributed by atoms with Gasteiger partial charge in [-0.05, 0) is 13.3 Å². The summed E-state index contributed by atoms with van der Waals surface area (Å²) in [6, 6.07) is 0.187. The van der Waals surface area contributed by atoms with Gasteiger partial charge in [0.15, 0.2) is 0 Å². The van der Waals surface area contributed by atoms with Gasteiger partial charge in [0.1, 0.15) is 0 Å². The predicted octanol–water partition coefficient (Wildman–Crippen LogP) is 0.614. The van der Waals surface area contributed by atoms with Crippen LogP contribution >= 0.6 is 0 Å². The normalized spacial score (nSPS) is 23.2. The highest BCUT2D eigenvalue weighted by Gasteiger charge is 2.32. The van der Waals surface area contributed by atoms with E-state index in [4.69, 9.17) is 4.74 Å². The molecule has 1 heterocycles. The standard InChI is InChI=1S/C12H22N2O4/c1-8(11(15)17-3)9(2)14-6-5-10(7-14)13-12(16)18-4/h8-10H,5-7H2,1-4H3,(H,13,16). The van der Waals surface area contributed by atoms with Gasteiger partial charge in [0.2, 0.25) is 0 Å². The number of methoxy groups -OCH3 is 2. The van der Waals surface area contributed by atoms with Crippen LogP contribution in [-0.2, 0) is 14.3 Å². The molecule has 0 bridgehead atoms. The average Bonchev–Trinajstić information content (AvgIpc) is 2.84. The largest absolute Gasteiger partial charge is 0.469 e. The van der Waals surface area contributed by atoms with Gasteiger partial charge in [-0.2, -0.15) is 0 Å². The summed E-state index contributed by atoms with van der Waals surface area (Å²) in [7, 11) is 2.75. The van der Waals surface area contributed by atoms with E-state index in [1.54, 1.807) is 0 Å². The van der Waals surface area contributed by atoms with Gasteiger partial charge in [0, 0.05) is 25.2 Å². The number of nitrogens with one attached hydrogen (secondary N) is 1. The number of hydrogen-bond donors (Lipinski definition) is 1. The number of nitrogens with zero attached hydrogens (tertiary/aromatic N) is 1. The Hall–Kier alpha value is -1.30. The summed E-state index contributed by atoms with van der Waals surface area (Å²) in [6.07, 6.45) is 0.461. The topological polar surface area (TPSA) is 67.9 Å². The highest BCUT2D eigenvalue weighted by Crippen LogP contribution is 2.19. The second kappa shape index (κ2) is 6.58. The highest BCUT2D eigenvalue weighted by atomic mass is 16.5. The number of likely N-dealkylation sites (tertiary alicyclic amines) is 1. The van der Waals surface area contributed by atoms with Crippen LogP contribution in [0.1, 0.15) is 20.3 Å². The van der Waals surface area contributed by atoms with Crippen LogP contribution in [0.4, 0.5) is 4.79 Å². The van der Waals surface area contributed by atoms with Crippen molar-refractivity contribution >= 4 is 12.1 Å². The van der Waals surface area contributed by atoms with E-state index in [-0.39, 0.29) is 24.0 Å². The lowest BCUT2D eigenvalue weighted by Gasteiger charge is -2.28. The Kier molecular flexibility index (Phi) is 5.40. The third-order valence-electron chi connectivity index (χ3n) is 3.60. The maximum Gasteiger partial charge on any atom is 0.407 e. The third-order valence-corrected chi connectivity index (χ3v) is 3.60. The van der Waals surface area contributed by atoms with Crippen molar-refractivity contribution < 1.29 is 19.1 Å². The molecule has 18 heavy (non-hydrogen) atoms. The van der Waals surface area contributed by atoms with E-state index in [9.17, 15) is 9.59 Å². The van der Waals surface area contributed by atoms with Crippen LogP contribution < -0.4 is 5.32 Å². The zero-order valence-corrected chi connectivity index (χ0v) is 11.4. The van der Waals surface area contributed by atoms with Crippen molar-refractivity contribution in [2.24, 2.45) is 5.92 Å². The summed E-state index contributed by atoms with van der Waals surface area (Å²) >= 11 is 0. The second-order valence-electron chi connectivity index (χ2n) is 4.67. The molecule has 1 amide bonds. The number of alkyl carbamates (subject to hydrolysis) is 1. The summed E-state index contributed by atoms with van der Waals surface area (Å²) in [6.45, 7) is 5.45. The quantitative estimate of drug-likeness (QED) is 0.748. The summed E-state index contributed by atoms with van der Waals surface area (Å²) in [5.41, 5.74) is 0. The molecule has 0 aromatic rings. The smallest absolute Gasteiger partial charge is 0.407 e. The maximum atomic E-state index is 11.5. The van der Waals surface area contributed by atoms with Crippen LogP contribution in [0.15, 0.2) is 0 Å². The van der Waals surface area contributed by atoms with E-state index in [0.717, 1.165) is 19.5 Å². The first kappa shape index (κ1) is 14.8. The fourth-order valence-corrected chi connectivity index (χ4v) is 2.20.